The minimum absolute atomic E-state index is 0.138. The Labute approximate surface area is 187 Å². The molecule has 0 spiro atoms. The molecule has 1 aromatic carbocycles. The number of allylic oxidation sites excluding steroid dienone is 4. The minimum Gasteiger partial charge on any atom is -0.493 e. The number of rotatable bonds is 15. The molecule has 32 heavy (non-hydrogen) atoms. The molecule has 174 valence electrons. The number of carboxylic acids is 1. The number of nitrogens with one attached hydrogen (secondary N) is 1. The second kappa shape index (κ2) is 12.7. The third kappa shape index (κ3) is 9.36. The number of fused-ring (bicyclic) bond motifs is 1. The Morgan fingerprint density at radius 3 is 2.78 bits per heavy atom. The molecule has 0 amide bonds. The van der Waals surface area contributed by atoms with Gasteiger partial charge in [0.25, 0.3) is 10.1 Å². The number of hydrogen-bond acceptors (Lipinski definition) is 7. The number of nitrogens with zero attached hydrogens (tertiary/aromatic N) is 1. The van der Waals surface area contributed by atoms with Crippen LogP contribution in [-0.2, 0) is 14.9 Å². The molecule has 0 unspecified atom stereocenters. The molecule has 0 radical (unpaired) electrons. The fourth-order valence-corrected chi connectivity index (χ4v) is 3.27. The van der Waals surface area contributed by atoms with Crippen molar-refractivity contribution in [3.63, 3.8) is 0 Å². The van der Waals surface area contributed by atoms with E-state index < -0.39 is 16.1 Å². The molecule has 0 saturated carbocycles. The number of hydrogen-bond donors (Lipinski definition) is 3. The number of aliphatic carboxylic acids is 1. The van der Waals surface area contributed by atoms with Gasteiger partial charge in [-0.2, -0.15) is 8.42 Å². The van der Waals surface area contributed by atoms with Crippen LogP contribution in [0.2, 0.25) is 0 Å². The van der Waals surface area contributed by atoms with Crippen molar-refractivity contribution in [2.24, 2.45) is 0 Å². The zero-order valence-corrected chi connectivity index (χ0v) is 18.5. The first-order valence-electron chi connectivity index (χ1n) is 10.2. The first-order valence-corrected chi connectivity index (χ1v) is 11.8. The minimum atomic E-state index is -4.00. The van der Waals surface area contributed by atoms with E-state index >= 15 is 0 Å². The van der Waals surface area contributed by atoms with Crippen molar-refractivity contribution in [1.82, 2.24) is 10.3 Å². The number of aromatic nitrogens is 1. The second-order valence-corrected chi connectivity index (χ2v) is 8.56. The zero-order chi connectivity index (χ0) is 23.4. The van der Waals surface area contributed by atoms with Crippen molar-refractivity contribution >= 4 is 32.8 Å². The molecule has 9 nitrogen and oxygen atoms in total. The van der Waals surface area contributed by atoms with Crippen molar-refractivity contribution in [2.75, 3.05) is 18.9 Å². The van der Waals surface area contributed by atoms with Crippen LogP contribution in [0.1, 0.15) is 38.0 Å². The number of unbranched alkanes of at least 4 members (excludes halogenated alkanes) is 2. The average molecular weight is 465 g/mol. The van der Waals surface area contributed by atoms with Crippen LogP contribution in [-0.4, -0.2) is 47.9 Å². The van der Waals surface area contributed by atoms with Gasteiger partial charge in [-0.15, -0.1) is 0 Å². The molecule has 1 heterocycles. The van der Waals surface area contributed by atoms with Gasteiger partial charge >= 0.3 is 5.97 Å². The van der Waals surface area contributed by atoms with Crippen molar-refractivity contribution in [3.05, 3.63) is 55.1 Å². The molecule has 1 aromatic heterocycles. The van der Waals surface area contributed by atoms with Gasteiger partial charge in [0.2, 0.25) is 5.89 Å². The molecular weight excluding hydrogens is 436 g/mol. The van der Waals surface area contributed by atoms with E-state index in [1.54, 1.807) is 36.6 Å². The molecule has 0 aliphatic carbocycles. The SMILES string of the molecule is C=C/C=C(\C=C/NCCCCCC(=O)O)c1nc2ccc(OCCCS(=O)(=O)O)cc2o1. The predicted molar refractivity (Wildman–Crippen MR) is 122 cm³/mol. The van der Waals surface area contributed by atoms with Crippen LogP contribution in [0.3, 0.4) is 0 Å². The van der Waals surface area contributed by atoms with Crippen LogP contribution in [0.4, 0.5) is 0 Å². The van der Waals surface area contributed by atoms with Gasteiger partial charge in [0.1, 0.15) is 11.3 Å². The van der Waals surface area contributed by atoms with E-state index in [1.165, 1.54) is 0 Å². The van der Waals surface area contributed by atoms with Crippen molar-refractivity contribution in [2.45, 2.75) is 32.1 Å². The fourth-order valence-electron chi connectivity index (χ4n) is 2.79. The van der Waals surface area contributed by atoms with Gasteiger partial charge in [0.15, 0.2) is 5.58 Å². The van der Waals surface area contributed by atoms with Crippen LogP contribution in [0.5, 0.6) is 5.75 Å². The highest BCUT2D eigenvalue weighted by Gasteiger charge is 2.10. The van der Waals surface area contributed by atoms with E-state index in [-0.39, 0.29) is 25.2 Å². The molecular formula is C22H28N2O7S. The molecule has 0 saturated heterocycles. The molecule has 0 fully saturated rings. The maximum Gasteiger partial charge on any atom is 0.303 e. The highest BCUT2D eigenvalue weighted by atomic mass is 32.2. The lowest BCUT2D eigenvalue weighted by molar-refractivity contribution is -0.137. The quantitative estimate of drug-likeness (QED) is 0.204. The van der Waals surface area contributed by atoms with Crippen LogP contribution in [0.15, 0.2) is 53.6 Å². The van der Waals surface area contributed by atoms with E-state index in [2.05, 4.69) is 16.9 Å². The average Bonchev–Trinajstić information content (AvgIpc) is 3.14. The lowest BCUT2D eigenvalue weighted by atomic mass is 10.2. The summed E-state index contributed by atoms with van der Waals surface area (Å²) in [6.07, 6.45) is 9.73. The smallest absolute Gasteiger partial charge is 0.303 e. The Balaban J connectivity index is 1.93. The number of carboxylic acid groups (broad SMARTS) is 1. The van der Waals surface area contributed by atoms with Gasteiger partial charge < -0.3 is 19.6 Å². The van der Waals surface area contributed by atoms with Crippen LogP contribution >= 0.6 is 0 Å². The molecule has 0 aliphatic rings. The topological polar surface area (TPSA) is 139 Å². The zero-order valence-electron chi connectivity index (χ0n) is 17.7. The maximum atomic E-state index is 10.7. The summed E-state index contributed by atoms with van der Waals surface area (Å²) in [4.78, 5) is 15.0. The van der Waals surface area contributed by atoms with Gasteiger partial charge in [0, 0.05) is 24.6 Å². The standard InChI is InChI=1S/C22H28N2O7S/c1-2-7-17(11-13-23-12-5-3-4-8-21(25)26)22-24-19-10-9-18(16-20(19)31-22)30-14-6-15-32(27,28)29/h2,7,9-11,13,16,23H,1,3-6,8,12,14-15H2,(H,25,26)(H,27,28,29)/b13-11-,17-7+. The Hall–Kier alpha value is -3.11. The summed E-state index contributed by atoms with van der Waals surface area (Å²) in [6.45, 7) is 4.58. The first-order chi connectivity index (χ1) is 15.3. The van der Waals surface area contributed by atoms with E-state index in [0.29, 0.717) is 34.7 Å². The van der Waals surface area contributed by atoms with Crippen LogP contribution in [0.25, 0.3) is 16.7 Å². The van der Waals surface area contributed by atoms with Gasteiger partial charge in [0.05, 0.1) is 12.4 Å². The molecule has 0 bridgehead atoms. The van der Waals surface area contributed by atoms with E-state index in [4.69, 9.17) is 18.8 Å². The van der Waals surface area contributed by atoms with Crippen molar-refractivity contribution < 1.29 is 32.0 Å². The Kier molecular flexibility index (Phi) is 9.96. The Morgan fingerprint density at radius 1 is 1.25 bits per heavy atom. The second-order valence-electron chi connectivity index (χ2n) is 6.99. The van der Waals surface area contributed by atoms with Crippen LogP contribution in [0, 0.1) is 0 Å². The normalized spacial score (nSPS) is 12.3. The highest BCUT2D eigenvalue weighted by molar-refractivity contribution is 7.85. The summed E-state index contributed by atoms with van der Waals surface area (Å²) in [6, 6.07) is 5.12. The van der Waals surface area contributed by atoms with Gasteiger partial charge in [-0.3, -0.25) is 9.35 Å². The number of oxazole rings is 1. The molecule has 0 atom stereocenters. The summed E-state index contributed by atoms with van der Waals surface area (Å²) in [5, 5.41) is 11.8. The number of ether oxygens (including phenoxy) is 1. The van der Waals surface area contributed by atoms with Crippen LogP contribution < -0.4 is 10.1 Å². The third-order valence-electron chi connectivity index (χ3n) is 4.31. The van der Waals surface area contributed by atoms with E-state index in [0.717, 1.165) is 19.4 Å². The summed E-state index contributed by atoms with van der Waals surface area (Å²) < 4.78 is 41.6. The summed E-state index contributed by atoms with van der Waals surface area (Å²) in [5.41, 5.74) is 1.87. The lowest BCUT2D eigenvalue weighted by Gasteiger charge is -2.04. The predicted octanol–water partition coefficient (Wildman–Crippen LogP) is 3.80. The van der Waals surface area contributed by atoms with Crippen molar-refractivity contribution in [3.8, 4) is 5.75 Å². The van der Waals surface area contributed by atoms with E-state index in [9.17, 15) is 13.2 Å². The summed E-state index contributed by atoms with van der Waals surface area (Å²) >= 11 is 0. The lowest BCUT2D eigenvalue weighted by Crippen LogP contribution is -2.08. The Morgan fingerprint density at radius 2 is 2.06 bits per heavy atom. The molecule has 3 N–H and O–H groups in total. The fraction of sp³-hybridized carbons (Fsp3) is 0.364. The van der Waals surface area contributed by atoms with Gasteiger partial charge in [-0.25, -0.2) is 4.98 Å². The van der Waals surface area contributed by atoms with Gasteiger partial charge in [-0.05, 0) is 43.7 Å². The first kappa shape index (κ1) is 25.2. The number of benzene rings is 1. The third-order valence-corrected chi connectivity index (χ3v) is 5.12. The summed E-state index contributed by atoms with van der Waals surface area (Å²) in [5.74, 6) is -0.223. The summed E-state index contributed by atoms with van der Waals surface area (Å²) in [7, 11) is -4.00. The monoisotopic (exact) mass is 464 g/mol. The largest absolute Gasteiger partial charge is 0.493 e. The number of carbonyl (C=O) groups is 1. The molecule has 2 rings (SSSR count). The molecule has 10 heteroatoms. The van der Waals surface area contributed by atoms with Gasteiger partial charge in [-0.1, -0.05) is 25.2 Å². The molecule has 2 aromatic rings. The highest BCUT2D eigenvalue weighted by Crippen LogP contribution is 2.25. The molecule has 0 aliphatic heterocycles. The van der Waals surface area contributed by atoms with Crippen molar-refractivity contribution in [1.29, 1.82) is 0 Å². The van der Waals surface area contributed by atoms with E-state index in [1.807, 2.05) is 6.08 Å². The Bertz CT molecular complexity index is 1070. The maximum absolute atomic E-state index is 10.7.